The summed E-state index contributed by atoms with van der Waals surface area (Å²) in [5, 5.41) is 7.82. The Hall–Kier alpha value is 0.0482. The molecule has 0 fully saturated rings. The van der Waals surface area contributed by atoms with Gasteiger partial charge in [0.1, 0.15) is 0 Å². The summed E-state index contributed by atoms with van der Waals surface area (Å²) in [6.07, 6.45) is -1.07. The molecule has 0 spiro atoms. The van der Waals surface area contributed by atoms with E-state index in [0.29, 0.717) is 26.5 Å². The minimum absolute atomic E-state index is 0.422. The Bertz CT molecular complexity index is 62.6. The molecule has 36 valence electrons. The van der Waals surface area contributed by atoms with Crippen LogP contribution in [0.2, 0.25) is 0 Å². The van der Waals surface area contributed by atoms with Gasteiger partial charge in [-0.05, 0) is 0 Å². The molecule has 0 aliphatic rings. The van der Waals surface area contributed by atoms with Gasteiger partial charge in [0.25, 0.3) is 0 Å². The van der Waals surface area contributed by atoms with Crippen molar-refractivity contribution in [3.63, 3.8) is 0 Å². The van der Waals surface area contributed by atoms with Crippen molar-refractivity contribution in [1.29, 1.82) is 0 Å². The molecule has 0 atom stereocenters. The van der Waals surface area contributed by atoms with Crippen molar-refractivity contribution in [1.82, 2.24) is 3.17 Å². The van der Waals surface area contributed by atoms with E-state index in [-0.39, 0.29) is 0 Å². The molecule has 6 heavy (non-hydrogen) atoms. The first-order valence-electron chi connectivity index (χ1n) is 1.17. The van der Waals surface area contributed by atoms with Crippen molar-refractivity contribution >= 4 is 29.4 Å². The van der Waals surface area contributed by atoms with Gasteiger partial charge in [0, 0.05) is 0 Å². The molecule has 0 aromatic heterocycles. The van der Waals surface area contributed by atoms with E-state index < -0.39 is 6.09 Å². The quantitative estimate of drug-likeness (QED) is 0.213. The molecule has 0 unspecified atom stereocenters. The number of amides is 1. The van der Waals surface area contributed by atoms with E-state index in [4.69, 9.17) is 10.9 Å². The van der Waals surface area contributed by atoms with Crippen molar-refractivity contribution in [2.45, 2.75) is 0 Å². The molecule has 0 bridgehead atoms. The third kappa shape index (κ3) is 2.30. The molecule has 0 heterocycles. The van der Waals surface area contributed by atoms with Crippen molar-refractivity contribution in [2.24, 2.45) is 5.84 Å². The normalized spacial score (nSPS) is 7.67. The van der Waals surface area contributed by atoms with E-state index >= 15 is 0 Å². The summed E-state index contributed by atoms with van der Waals surface area (Å²) < 4.78 is 0.713. The van der Waals surface area contributed by atoms with Crippen LogP contribution in [0.3, 0.4) is 0 Å². The molecule has 0 aromatic carbocycles. The molecule has 0 rings (SSSR count). The fraction of sp³-hybridized carbons (Fsp3) is 0. The first-order chi connectivity index (χ1) is 2.64. The summed E-state index contributed by atoms with van der Waals surface area (Å²) in [6.45, 7) is 0. The Kier molecular flexibility index (Phi) is 2.28. The van der Waals surface area contributed by atoms with Gasteiger partial charge in [-0.3, -0.25) is 0 Å². The Morgan fingerprint density at radius 2 is 2.17 bits per heavy atom. The number of nitrogens with two attached hydrogens (primary N) is 1. The van der Waals surface area contributed by atoms with Gasteiger partial charge in [-0.2, -0.15) is 0 Å². The Balaban J connectivity index is 3.26. The maximum atomic E-state index is 9.53. The number of rotatable bonds is 0. The van der Waals surface area contributed by atoms with Crippen LogP contribution in [0.4, 0.5) is 4.79 Å². The third-order valence-electron chi connectivity index (χ3n) is 0.221. The summed E-state index contributed by atoms with van der Waals surface area (Å²) in [4.78, 5) is 9.53. The van der Waals surface area contributed by atoms with Gasteiger partial charge in [0.2, 0.25) is 0 Å². The van der Waals surface area contributed by atoms with E-state index in [9.17, 15) is 4.79 Å². The van der Waals surface area contributed by atoms with Gasteiger partial charge in [-0.1, -0.05) is 0 Å². The molecule has 0 aliphatic carbocycles. The molecule has 4 nitrogen and oxygen atoms in total. The fourth-order valence-electron chi connectivity index (χ4n) is 0. The van der Waals surface area contributed by atoms with Crippen LogP contribution in [0.15, 0.2) is 0 Å². The standard InChI is InChI=1S/CH3N2O2.Sb.2H/c2-3-1(4)5;;;/h2H2,(H,4,5);;;/q-1;+1;;. The Labute approximate surface area is 48.7 Å². The van der Waals surface area contributed by atoms with Crippen LogP contribution in [-0.4, -0.2) is 37.7 Å². The van der Waals surface area contributed by atoms with E-state index in [2.05, 4.69) is 0 Å². The second kappa shape index (κ2) is 2.26. The molecule has 0 saturated heterocycles. The molecular weight excluding hydrogens is 194 g/mol. The number of carbonyl (C=O) groups is 1. The van der Waals surface area contributed by atoms with Gasteiger partial charge in [-0.15, -0.1) is 0 Å². The molecule has 0 saturated carbocycles. The van der Waals surface area contributed by atoms with Crippen LogP contribution < -0.4 is 5.84 Å². The second-order valence-corrected chi connectivity index (χ2v) is 2.28. The number of hydrazine groups is 1. The third-order valence-corrected chi connectivity index (χ3v) is 0.851. The van der Waals surface area contributed by atoms with Gasteiger partial charge in [-0.25, -0.2) is 0 Å². The van der Waals surface area contributed by atoms with Crippen molar-refractivity contribution in [3.8, 4) is 0 Å². The van der Waals surface area contributed by atoms with Gasteiger partial charge in [0.05, 0.1) is 0 Å². The molecule has 1 amide bonds. The van der Waals surface area contributed by atoms with Crippen molar-refractivity contribution < 1.29 is 9.90 Å². The fourth-order valence-corrected chi connectivity index (χ4v) is 0. The summed E-state index contributed by atoms with van der Waals surface area (Å²) >= 11 is 0.422. The van der Waals surface area contributed by atoms with E-state index in [0.717, 1.165) is 0 Å². The SMILES string of the molecule is N[N]([SbH2])C(=O)O. The number of hydrogen-bond acceptors (Lipinski definition) is 2. The van der Waals surface area contributed by atoms with Crippen molar-refractivity contribution in [2.75, 3.05) is 0 Å². The van der Waals surface area contributed by atoms with Gasteiger partial charge in [0.15, 0.2) is 0 Å². The van der Waals surface area contributed by atoms with Gasteiger partial charge < -0.3 is 0 Å². The van der Waals surface area contributed by atoms with Crippen LogP contribution in [0, 0.1) is 0 Å². The number of nitrogens with zero attached hydrogens (tertiary/aromatic N) is 1. The summed E-state index contributed by atoms with van der Waals surface area (Å²) in [5.41, 5.74) is 0. The number of hydrogen-bond donors (Lipinski definition) is 2. The summed E-state index contributed by atoms with van der Waals surface area (Å²) in [6, 6.07) is 0. The molecular formula is CH5N2O2Sb. The van der Waals surface area contributed by atoms with Crippen molar-refractivity contribution in [3.05, 3.63) is 0 Å². The molecule has 3 N–H and O–H groups in total. The molecule has 0 aliphatic heterocycles. The molecule has 5 heteroatoms. The second-order valence-electron chi connectivity index (χ2n) is 0.690. The monoisotopic (exact) mass is 198 g/mol. The predicted octanol–water partition coefficient (Wildman–Crippen LogP) is -1.61. The van der Waals surface area contributed by atoms with E-state index in [1.807, 2.05) is 0 Å². The van der Waals surface area contributed by atoms with Crippen LogP contribution >= 0.6 is 0 Å². The number of carboxylic acid groups (broad SMARTS) is 1. The zero-order chi connectivity index (χ0) is 5.15. The van der Waals surface area contributed by atoms with Crippen LogP contribution in [-0.2, 0) is 0 Å². The first kappa shape index (κ1) is 6.05. The summed E-state index contributed by atoms with van der Waals surface area (Å²) in [7, 11) is 0. The zero-order valence-corrected chi connectivity index (χ0v) is 6.25. The average Bonchev–Trinajstić information content (AvgIpc) is 1.36. The minimum atomic E-state index is -1.07. The maximum absolute atomic E-state index is 9.53. The summed E-state index contributed by atoms with van der Waals surface area (Å²) in [5.74, 6) is 4.73. The Morgan fingerprint density at radius 3 is 2.17 bits per heavy atom. The molecule has 0 radical (unpaired) electrons. The van der Waals surface area contributed by atoms with Gasteiger partial charge >= 0.3 is 48.3 Å². The zero-order valence-electron chi connectivity index (χ0n) is 2.96. The van der Waals surface area contributed by atoms with E-state index in [1.54, 1.807) is 0 Å². The van der Waals surface area contributed by atoms with Crippen LogP contribution in [0.1, 0.15) is 0 Å². The topological polar surface area (TPSA) is 66.6 Å². The molecule has 0 aromatic rings. The van der Waals surface area contributed by atoms with E-state index in [1.165, 1.54) is 0 Å². The first-order valence-corrected chi connectivity index (χ1v) is 2.64. The Morgan fingerprint density at radius 1 is 2.00 bits per heavy atom. The average molecular weight is 199 g/mol. The predicted molar refractivity (Wildman–Crippen MR) is 22.6 cm³/mol. The van der Waals surface area contributed by atoms with Crippen LogP contribution in [0.5, 0.6) is 0 Å². The van der Waals surface area contributed by atoms with Crippen LogP contribution in [0.25, 0.3) is 0 Å².